The molecule has 0 aromatic rings. The van der Waals surface area contributed by atoms with E-state index in [1.165, 1.54) is 6.42 Å². The van der Waals surface area contributed by atoms with Gasteiger partial charge < -0.3 is 15.5 Å². The number of fused-ring (bicyclic) bond motifs is 1. The van der Waals surface area contributed by atoms with Gasteiger partial charge in [-0.2, -0.15) is 0 Å². The van der Waals surface area contributed by atoms with Crippen molar-refractivity contribution in [3.05, 3.63) is 0 Å². The highest BCUT2D eigenvalue weighted by Crippen LogP contribution is 2.35. The van der Waals surface area contributed by atoms with Crippen LogP contribution in [0.4, 0.5) is 0 Å². The Hall–Kier alpha value is -0.610. The zero-order valence-corrected chi connectivity index (χ0v) is 11.1. The third-order valence-corrected chi connectivity index (χ3v) is 4.22. The molecule has 1 saturated carbocycles. The minimum absolute atomic E-state index is 0.321. The highest BCUT2D eigenvalue weighted by molar-refractivity contribution is 5.76. The molecule has 1 saturated heterocycles. The zero-order valence-electron chi connectivity index (χ0n) is 11.1. The Balaban J connectivity index is 1.82. The molecular weight excluding hydrogens is 214 g/mol. The highest BCUT2D eigenvalue weighted by Gasteiger charge is 2.38. The van der Waals surface area contributed by atoms with E-state index >= 15 is 0 Å². The van der Waals surface area contributed by atoms with Crippen LogP contribution in [0.15, 0.2) is 0 Å². The Morgan fingerprint density at radius 2 is 2.00 bits per heavy atom. The van der Waals surface area contributed by atoms with Crippen molar-refractivity contribution < 1.29 is 4.79 Å². The molecule has 2 N–H and O–H groups in total. The number of carbonyl (C=O) groups is 1. The lowest BCUT2D eigenvalue weighted by atomic mass is 9.79. The molecule has 1 heterocycles. The maximum atomic E-state index is 12.0. The van der Waals surface area contributed by atoms with Crippen LogP contribution in [0.3, 0.4) is 0 Å². The minimum atomic E-state index is 0.321. The van der Waals surface area contributed by atoms with E-state index in [4.69, 9.17) is 5.73 Å². The van der Waals surface area contributed by atoms with Crippen molar-refractivity contribution >= 4 is 5.91 Å². The molecule has 4 nitrogen and oxygen atoms in total. The SMILES string of the molecule is CN(C)CCC(=O)N1C[C@H]2CCC(N)C[C@H]2C1. The van der Waals surface area contributed by atoms with Crippen molar-refractivity contribution in [2.75, 3.05) is 33.7 Å². The molecule has 1 amide bonds. The fourth-order valence-corrected chi connectivity index (χ4v) is 3.15. The van der Waals surface area contributed by atoms with Crippen LogP contribution >= 0.6 is 0 Å². The number of likely N-dealkylation sites (tertiary alicyclic amines) is 1. The molecule has 0 spiro atoms. The molecule has 0 aromatic heterocycles. The molecule has 4 heteroatoms. The molecule has 3 atom stereocenters. The molecule has 2 aliphatic rings. The van der Waals surface area contributed by atoms with Crippen molar-refractivity contribution in [1.29, 1.82) is 0 Å². The quantitative estimate of drug-likeness (QED) is 0.781. The van der Waals surface area contributed by atoms with Gasteiger partial charge in [0.25, 0.3) is 0 Å². The van der Waals surface area contributed by atoms with Gasteiger partial charge in [-0.1, -0.05) is 0 Å². The van der Waals surface area contributed by atoms with Gasteiger partial charge in [0.05, 0.1) is 0 Å². The molecule has 2 rings (SSSR count). The van der Waals surface area contributed by atoms with Crippen LogP contribution in [-0.2, 0) is 4.79 Å². The van der Waals surface area contributed by atoms with Crippen LogP contribution in [-0.4, -0.2) is 55.5 Å². The van der Waals surface area contributed by atoms with Gasteiger partial charge in [0.1, 0.15) is 0 Å². The summed E-state index contributed by atoms with van der Waals surface area (Å²) in [5.74, 6) is 1.71. The van der Waals surface area contributed by atoms with Crippen molar-refractivity contribution in [1.82, 2.24) is 9.80 Å². The topological polar surface area (TPSA) is 49.6 Å². The molecule has 0 radical (unpaired) electrons. The fraction of sp³-hybridized carbons (Fsp3) is 0.923. The molecule has 0 aromatic carbocycles. The number of carbonyl (C=O) groups excluding carboxylic acids is 1. The summed E-state index contributed by atoms with van der Waals surface area (Å²) in [6.45, 7) is 2.78. The first kappa shape index (κ1) is 12.8. The van der Waals surface area contributed by atoms with Gasteiger partial charge in [-0.05, 0) is 45.2 Å². The number of nitrogens with two attached hydrogens (primary N) is 1. The minimum Gasteiger partial charge on any atom is -0.342 e. The first-order valence-electron chi connectivity index (χ1n) is 6.74. The highest BCUT2D eigenvalue weighted by atomic mass is 16.2. The number of rotatable bonds is 3. The lowest BCUT2D eigenvalue weighted by Gasteiger charge is -2.27. The number of hydrogen-bond donors (Lipinski definition) is 1. The van der Waals surface area contributed by atoms with Crippen molar-refractivity contribution in [3.8, 4) is 0 Å². The van der Waals surface area contributed by atoms with E-state index < -0.39 is 0 Å². The summed E-state index contributed by atoms with van der Waals surface area (Å²) in [5, 5.41) is 0. The number of nitrogens with zero attached hydrogens (tertiary/aromatic N) is 2. The van der Waals surface area contributed by atoms with Gasteiger partial charge in [0.2, 0.25) is 5.91 Å². The molecule has 98 valence electrons. The molecular formula is C13H25N3O. The zero-order chi connectivity index (χ0) is 12.4. The maximum absolute atomic E-state index is 12.0. The first-order chi connectivity index (χ1) is 8.06. The van der Waals surface area contributed by atoms with Gasteiger partial charge in [-0.3, -0.25) is 4.79 Å². The van der Waals surface area contributed by atoms with Crippen LogP contribution in [0.2, 0.25) is 0 Å². The maximum Gasteiger partial charge on any atom is 0.223 e. The van der Waals surface area contributed by atoms with E-state index in [9.17, 15) is 4.79 Å². The van der Waals surface area contributed by atoms with Gasteiger partial charge in [0.15, 0.2) is 0 Å². The Morgan fingerprint density at radius 1 is 1.29 bits per heavy atom. The van der Waals surface area contributed by atoms with Crippen molar-refractivity contribution in [3.63, 3.8) is 0 Å². The summed E-state index contributed by atoms with van der Waals surface area (Å²) < 4.78 is 0. The molecule has 17 heavy (non-hydrogen) atoms. The summed E-state index contributed by atoms with van der Waals surface area (Å²) in [6.07, 6.45) is 4.12. The Morgan fingerprint density at radius 3 is 2.71 bits per heavy atom. The first-order valence-corrected chi connectivity index (χ1v) is 6.74. The van der Waals surface area contributed by atoms with Crippen LogP contribution in [0.1, 0.15) is 25.7 Å². The van der Waals surface area contributed by atoms with E-state index in [0.717, 1.165) is 38.4 Å². The largest absolute Gasteiger partial charge is 0.342 e. The molecule has 1 aliphatic heterocycles. The second-order valence-electron chi connectivity index (χ2n) is 5.95. The number of amides is 1. The van der Waals surface area contributed by atoms with Gasteiger partial charge >= 0.3 is 0 Å². The lowest BCUT2D eigenvalue weighted by molar-refractivity contribution is -0.130. The van der Waals surface area contributed by atoms with E-state index in [1.54, 1.807) is 0 Å². The monoisotopic (exact) mass is 239 g/mol. The van der Waals surface area contributed by atoms with E-state index in [2.05, 4.69) is 9.80 Å². The van der Waals surface area contributed by atoms with Gasteiger partial charge in [-0.25, -0.2) is 0 Å². The Labute approximate surface area is 104 Å². The molecule has 2 fully saturated rings. The van der Waals surface area contributed by atoms with E-state index in [1.807, 2.05) is 14.1 Å². The van der Waals surface area contributed by atoms with E-state index in [0.29, 0.717) is 24.3 Å². The van der Waals surface area contributed by atoms with Crippen molar-refractivity contribution in [2.24, 2.45) is 17.6 Å². The van der Waals surface area contributed by atoms with Crippen LogP contribution in [0, 0.1) is 11.8 Å². The average molecular weight is 239 g/mol. The van der Waals surface area contributed by atoms with Gasteiger partial charge in [0, 0.05) is 32.1 Å². The third-order valence-electron chi connectivity index (χ3n) is 4.22. The van der Waals surface area contributed by atoms with Crippen LogP contribution in [0.5, 0.6) is 0 Å². The van der Waals surface area contributed by atoms with Crippen LogP contribution in [0.25, 0.3) is 0 Å². The summed E-state index contributed by atoms with van der Waals surface area (Å²) in [4.78, 5) is 16.2. The summed E-state index contributed by atoms with van der Waals surface area (Å²) in [5.41, 5.74) is 6.00. The number of hydrogen-bond acceptors (Lipinski definition) is 3. The predicted octanol–water partition coefficient (Wildman–Crippen LogP) is 0.524. The third kappa shape index (κ3) is 3.19. The average Bonchev–Trinajstić information content (AvgIpc) is 2.68. The normalized spacial score (nSPS) is 32.9. The second-order valence-corrected chi connectivity index (χ2v) is 5.95. The Kier molecular flexibility index (Phi) is 4.05. The molecule has 1 unspecified atom stereocenters. The lowest BCUT2D eigenvalue weighted by Crippen LogP contribution is -2.32. The van der Waals surface area contributed by atoms with E-state index in [-0.39, 0.29) is 0 Å². The molecule has 1 aliphatic carbocycles. The standard InChI is InChI=1S/C13H25N3O/c1-15(2)6-5-13(17)16-8-10-3-4-12(14)7-11(10)9-16/h10-12H,3-9,14H2,1-2H3/t10-,11+,12?/m1/s1. The second kappa shape index (κ2) is 5.36. The summed E-state index contributed by atoms with van der Waals surface area (Å²) >= 11 is 0. The molecule has 0 bridgehead atoms. The predicted molar refractivity (Wildman–Crippen MR) is 68.6 cm³/mol. The summed E-state index contributed by atoms with van der Waals surface area (Å²) in [7, 11) is 4.02. The summed E-state index contributed by atoms with van der Waals surface area (Å²) in [6, 6.07) is 0.369. The smallest absolute Gasteiger partial charge is 0.223 e. The Bertz CT molecular complexity index is 280. The van der Waals surface area contributed by atoms with Crippen molar-refractivity contribution in [2.45, 2.75) is 31.7 Å². The fourth-order valence-electron chi connectivity index (χ4n) is 3.15. The van der Waals surface area contributed by atoms with Crippen LogP contribution < -0.4 is 5.73 Å². The van der Waals surface area contributed by atoms with Gasteiger partial charge in [-0.15, -0.1) is 0 Å².